The molecule has 0 N–H and O–H groups in total. The first-order chi connectivity index (χ1) is 9.95. The molecule has 1 fully saturated rings. The van der Waals surface area contributed by atoms with Crippen molar-refractivity contribution < 1.29 is 9.53 Å². The predicted molar refractivity (Wildman–Crippen MR) is 87.6 cm³/mol. The first-order valence-electron chi connectivity index (χ1n) is 8.67. The monoisotopic (exact) mass is 298 g/mol. The second-order valence-electron chi connectivity index (χ2n) is 6.69. The Hall–Kier alpha value is -0.770. The Balaban J connectivity index is 2.37. The first-order valence-corrected chi connectivity index (χ1v) is 8.67. The van der Waals surface area contributed by atoms with Crippen molar-refractivity contribution in [3.8, 4) is 0 Å². The molecule has 0 aliphatic carbocycles. The van der Waals surface area contributed by atoms with Gasteiger partial charge in [-0.3, -0.25) is 4.90 Å². The average molecular weight is 298 g/mol. The molecule has 2 unspecified atom stereocenters. The van der Waals surface area contributed by atoms with Gasteiger partial charge < -0.3 is 9.64 Å². The van der Waals surface area contributed by atoms with Gasteiger partial charge in [-0.1, -0.05) is 32.6 Å². The summed E-state index contributed by atoms with van der Waals surface area (Å²) in [7, 11) is 0. The fraction of sp³-hybridized carbons (Fsp3) is 0.941. The van der Waals surface area contributed by atoms with E-state index in [9.17, 15) is 4.79 Å². The minimum absolute atomic E-state index is 0.0448. The highest BCUT2D eigenvalue weighted by Gasteiger charge is 2.32. The van der Waals surface area contributed by atoms with Crippen molar-refractivity contribution in [1.29, 1.82) is 0 Å². The van der Waals surface area contributed by atoms with E-state index in [1.165, 1.54) is 32.1 Å². The van der Waals surface area contributed by atoms with E-state index in [1.807, 2.05) is 18.7 Å². The Morgan fingerprint density at radius 3 is 2.38 bits per heavy atom. The maximum atomic E-state index is 12.1. The van der Waals surface area contributed by atoms with Gasteiger partial charge in [0.1, 0.15) is 0 Å². The lowest BCUT2D eigenvalue weighted by Crippen LogP contribution is -2.58. The lowest BCUT2D eigenvalue weighted by Gasteiger charge is -2.43. The summed E-state index contributed by atoms with van der Waals surface area (Å²) in [6.45, 7) is 13.3. The van der Waals surface area contributed by atoms with Crippen LogP contribution < -0.4 is 0 Å². The zero-order chi connectivity index (χ0) is 15.8. The number of amides is 1. The molecular formula is C17H34N2O2. The standard InChI is InChI=1S/C17H34N2O2/c1-6-7-8-9-10-11-18-12-16(5)19(13-15(18)4)17(20)21-14(2)3/h14-16H,6-13H2,1-5H3. The van der Waals surface area contributed by atoms with Crippen LogP contribution in [-0.4, -0.2) is 53.7 Å². The van der Waals surface area contributed by atoms with Crippen LogP contribution in [0.1, 0.15) is 66.7 Å². The van der Waals surface area contributed by atoms with Crippen LogP contribution in [0.4, 0.5) is 4.79 Å². The number of unbranched alkanes of at least 4 members (excludes halogenated alkanes) is 4. The number of hydrogen-bond donors (Lipinski definition) is 0. The highest BCUT2D eigenvalue weighted by atomic mass is 16.6. The minimum Gasteiger partial charge on any atom is -0.447 e. The molecule has 0 aromatic heterocycles. The van der Waals surface area contributed by atoms with Gasteiger partial charge in [-0.25, -0.2) is 4.79 Å². The molecule has 0 saturated carbocycles. The summed E-state index contributed by atoms with van der Waals surface area (Å²) >= 11 is 0. The van der Waals surface area contributed by atoms with Crippen molar-refractivity contribution in [2.24, 2.45) is 0 Å². The van der Waals surface area contributed by atoms with Crippen molar-refractivity contribution in [2.45, 2.75) is 84.9 Å². The van der Waals surface area contributed by atoms with Crippen molar-refractivity contribution >= 4 is 6.09 Å². The lowest BCUT2D eigenvalue weighted by atomic mass is 10.1. The van der Waals surface area contributed by atoms with Crippen molar-refractivity contribution in [1.82, 2.24) is 9.80 Å². The van der Waals surface area contributed by atoms with Crippen molar-refractivity contribution in [3.63, 3.8) is 0 Å². The maximum Gasteiger partial charge on any atom is 0.410 e. The molecule has 1 rings (SSSR count). The van der Waals surface area contributed by atoms with Gasteiger partial charge in [0.15, 0.2) is 0 Å². The van der Waals surface area contributed by atoms with Crippen molar-refractivity contribution in [3.05, 3.63) is 0 Å². The summed E-state index contributed by atoms with van der Waals surface area (Å²) in [4.78, 5) is 16.5. The summed E-state index contributed by atoms with van der Waals surface area (Å²) in [5.74, 6) is 0. The third-order valence-electron chi connectivity index (χ3n) is 4.23. The van der Waals surface area contributed by atoms with Gasteiger partial charge in [0.25, 0.3) is 0 Å². The number of carbonyl (C=O) groups is 1. The summed E-state index contributed by atoms with van der Waals surface area (Å²) < 4.78 is 5.34. The number of nitrogens with zero attached hydrogens (tertiary/aromatic N) is 2. The minimum atomic E-state index is -0.160. The molecule has 0 aromatic rings. The molecule has 21 heavy (non-hydrogen) atoms. The Bertz CT molecular complexity index is 307. The first kappa shape index (κ1) is 18.3. The molecule has 2 atom stereocenters. The second-order valence-corrected chi connectivity index (χ2v) is 6.69. The van der Waals surface area contributed by atoms with Gasteiger partial charge in [-0.15, -0.1) is 0 Å². The molecule has 1 aliphatic heterocycles. The van der Waals surface area contributed by atoms with Crippen LogP contribution in [0.15, 0.2) is 0 Å². The normalized spacial score (nSPS) is 23.6. The molecule has 1 heterocycles. The van der Waals surface area contributed by atoms with Crippen LogP contribution in [-0.2, 0) is 4.74 Å². The second kappa shape index (κ2) is 9.29. The number of piperazine rings is 1. The molecule has 1 saturated heterocycles. The Labute approximate surface area is 130 Å². The van der Waals surface area contributed by atoms with Crippen LogP contribution >= 0.6 is 0 Å². The fourth-order valence-corrected chi connectivity index (χ4v) is 2.95. The molecule has 4 heteroatoms. The zero-order valence-corrected chi connectivity index (χ0v) is 14.6. The number of hydrogen-bond acceptors (Lipinski definition) is 3. The molecule has 1 aliphatic rings. The van der Waals surface area contributed by atoms with E-state index in [2.05, 4.69) is 25.7 Å². The molecule has 0 spiro atoms. The quantitative estimate of drug-likeness (QED) is 0.668. The average Bonchev–Trinajstić information content (AvgIpc) is 2.41. The number of rotatable bonds is 7. The fourth-order valence-electron chi connectivity index (χ4n) is 2.95. The predicted octanol–water partition coefficient (Wildman–Crippen LogP) is 3.90. The summed E-state index contributed by atoms with van der Waals surface area (Å²) in [6, 6.07) is 0.662. The summed E-state index contributed by atoms with van der Waals surface area (Å²) in [5.41, 5.74) is 0. The SMILES string of the molecule is CCCCCCCN1CC(C)N(C(=O)OC(C)C)CC1C. The van der Waals surface area contributed by atoms with E-state index in [4.69, 9.17) is 4.74 Å². The van der Waals surface area contributed by atoms with Gasteiger partial charge in [0.05, 0.1) is 6.10 Å². The van der Waals surface area contributed by atoms with E-state index in [-0.39, 0.29) is 18.2 Å². The summed E-state index contributed by atoms with van der Waals surface area (Å²) in [5, 5.41) is 0. The molecule has 124 valence electrons. The smallest absolute Gasteiger partial charge is 0.410 e. The Morgan fingerprint density at radius 2 is 1.76 bits per heavy atom. The maximum absolute atomic E-state index is 12.1. The topological polar surface area (TPSA) is 32.8 Å². The summed E-state index contributed by atoms with van der Waals surface area (Å²) in [6.07, 6.45) is 6.38. The van der Waals surface area contributed by atoms with E-state index in [1.54, 1.807) is 0 Å². The van der Waals surface area contributed by atoms with Crippen LogP contribution in [0.5, 0.6) is 0 Å². The molecule has 4 nitrogen and oxygen atoms in total. The van der Waals surface area contributed by atoms with Gasteiger partial charge in [0.2, 0.25) is 0 Å². The van der Waals surface area contributed by atoms with Gasteiger partial charge >= 0.3 is 6.09 Å². The van der Waals surface area contributed by atoms with E-state index in [0.717, 1.165) is 19.6 Å². The molecule has 0 aromatic carbocycles. The lowest BCUT2D eigenvalue weighted by molar-refractivity contribution is 0.0169. The number of carbonyl (C=O) groups excluding carboxylic acids is 1. The van der Waals surface area contributed by atoms with Crippen LogP contribution in [0.2, 0.25) is 0 Å². The Morgan fingerprint density at radius 1 is 1.10 bits per heavy atom. The Kier molecular flexibility index (Phi) is 8.09. The largest absolute Gasteiger partial charge is 0.447 e. The molecule has 0 radical (unpaired) electrons. The van der Waals surface area contributed by atoms with Crippen LogP contribution in [0.3, 0.4) is 0 Å². The third-order valence-corrected chi connectivity index (χ3v) is 4.23. The van der Waals surface area contributed by atoms with E-state index >= 15 is 0 Å². The van der Waals surface area contributed by atoms with Crippen LogP contribution in [0, 0.1) is 0 Å². The van der Waals surface area contributed by atoms with E-state index in [0.29, 0.717) is 6.04 Å². The van der Waals surface area contributed by atoms with E-state index < -0.39 is 0 Å². The van der Waals surface area contributed by atoms with Gasteiger partial charge in [0, 0.05) is 25.2 Å². The molecular weight excluding hydrogens is 264 g/mol. The zero-order valence-electron chi connectivity index (χ0n) is 14.6. The molecule has 0 bridgehead atoms. The highest BCUT2D eigenvalue weighted by Crippen LogP contribution is 2.18. The van der Waals surface area contributed by atoms with Gasteiger partial charge in [-0.2, -0.15) is 0 Å². The third kappa shape index (κ3) is 6.25. The van der Waals surface area contributed by atoms with Crippen LogP contribution in [0.25, 0.3) is 0 Å². The van der Waals surface area contributed by atoms with Crippen molar-refractivity contribution in [2.75, 3.05) is 19.6 Å². The highest BCUT2D eigenvalue weighted by molar-refractivity contribution is 5.68. The molecule has 1 amide bonds. The van der Waals surface area contributed by atoms with Gasteiger partial charge in [-0.05, 0) is 40.7 Å². The number of ether oxygens (including phenoxy) is 1.